The van der Waals surface area contributed by atoms with Crippen LogP contribution in [0, 0.1) is 10.1 Å². The highest BCUT2D eigenvalue weighted by Crippen LogP contribution is 2.21. The fraction of sp³-hybridized carbons (Fsp3) is 0.250. The van der Waals surface area contributed by atoms with E-state index in [1.54, 1.807) is 29.3 Å². The van der Waals surface area contributed by atoms with Crippen molar-refractivity contribution in [3.05, 3.63) is 99.9 Å². The molecule has 0 saturated heterocycles. The number of nitrogens with zero attached hydrogens (tertiary/aromatic N) is 3. The predicted octanol–water partition coefficient (Wildman–Crippen LogP) is 5.39. The fourth-order valence-corrected chi connectivity index (χ4v) is 3.23. The van der Waals surface area contributed by atoms with Gasteiger partial charge in [-0.05, 0) is 35.7 Å². The standard InChI is InChI=1S/C24H26N4O3/c1-18(2)19-10-12-22(13-11-19)26-24(29)27(16-14-21-8-5-6-15-25-21)17-20-7-3-4-9-23(20)28(30)31/h3-13,15,18H,14,16-17H2,1-2H3,(H,26,29). The van der Waals surface area contributed by atoms with Gasteiger partial charge in [-0.25, -0.2) is 4.79 Å². The van der Waals surface area contributed by atoms with Crippen LogP contribution in [0.15, 0.2) is 72.9 Å². The number of nitro groups is 1. The van der Waals surface area contributed by atoms with Gasteiger partial charge in [-0.3, -0.25) is 15.1 Å². The lowest BCUT2D eigenvalue weighted by Gasteiger charge is -2.23. The zero-order chi connectivity index (χ0) is 22.2. The van der Waals surface area contributed by atoms with Crippen molar-refractivity contribution in [2.75, 3.05) is 11.9 Å². The van der Waals surface area contributed by atoms with Crippen molar-refractivity contribution >= 4 is 17.4 Å². The molecule has 2 amide bonds. The maximum atomic E-state index is 13.1. The first-order chi connectivity index (χ1) is 14.9. The molecule has 1 heterocycles. The molecule has 0 unspecified atom stereocenters. The number of rotatable bonds is 8. The van der Waals surface area contributed by atoms with Gasteiger partial charge >= 0.3 is 6.03 Å². The molecule has 0 atom stereocenters. The summed E-state index contributed by atoms with van der Waals surface area (Å²) >= 11 is 0. The molecule has 3 aromatic rings. The molecule has 0 radical (unpaired) electrons. The van der Waals surface area contributed by atoms with E-state index < -0.39 is 4.92 Å². The van der Waals surface area contributed by atoms with Crippen LogP contribution in [-0.4, -0.2) is 27.4 Å². The number of pyridine rings is 1. The van der Waals surface area contributed by atoms with Crippen molar-refractivity contribution in [1.82, 2.24) is 9.88 Å². The van der Waals surface area contributed by atoms with Crippen LogP contribution in [0.25, 0.3) is 0 Å². The van der Waals surface area contributed by atoms with Crippen LogP contribution in [-0.2, 0) is 13.0 Å². The van der Waals surface area contributed by atoms with E-state index in [1.165, 1.54) is 11.6 Å². The van der Waals surface area contributed by atoms with E-state index in [9.17, 15) is 14.9 Å². The lowest BCUT2D eigenvalue weighted by atomic mass is 10.0. The van der Waals surface area contributed by atoms with E-state index in [4.69, 9.17) is 0 Å². The van der Waals surface area contributed by atoms with Crippen molar-refractivity contribution < 1.29 is 9.72 Å². The second kappa shape index (κ2) is 10.3. The summed E-state index contributed by atoms with van der Waals surface area (Å²) in [6.45, 7) is 4.72. The molecular weight excluding hydrogens is 392 g/mol. The Bertz CT molecular complexity index is 1020. The van der Waals surface area contributed by atoms with Gasteiger partial charge in [0.15, 0.2) is 0 Å². The molecule has 0 aliphatic heterocycles. The lowest BCUT2D eigenvalue weighted by molar-refractivity contribution is -0.385. The molecule has 1 N–H and O–H groups in total. The number of carbonyl (C=O) groups excluding carboxylic acids is 1. The number of amides is 2. The smallest absolute Gasteiger partial charge is 0.320 e. The summed E-state index contributed by atoms with van der Waals surface area (Å²) in [6.07, 6.45) is 2.25. The molecule has 3 rings (SSSR count). The Morgan fingerprint density at radius 2 is 1.77 bits per heavy atom. The molecule has 31 heavy (non-hydrogen) atoms. The normalized spacial score (nSPS) is 10.7. The summed E-state index contributed by atoms with van der Waals surface area (Å²) in [7, 11) is 0. The highest BCUT2D eigenvalue weighted by Gasteiger charge is 2.20. The van der Waals surface area contributed by atoms with Gasteiger partial charge in [0, 0.05) is 42.2 Å². The molecule has 7 heteroatoms. The highest BCUT2D eigenvalue weighted by molar-refractivity contribution is 5.89. The molecule has 0 aliphatic rings. The third kappa shape index (κ3) is 6.12. The van der Waals surface area contributed by atoms with Gasteiger partial charge in [0.05, 0.1) is 11.5 Å². The van der Waals surface area contributed by atoms with Crippen LogP contribution in [0.4, 0.5) is 16.2 Å². The molecule has 2 aromatic carbocycles. The number of aromatic nitrogens is 1. The zero-order valence-electron chi connectivity index (χ0n) is 17.7. The molecule has 0 aliphatic carbocycles. The van der Waals surface area contributed by atoms with Gasteiger partial charge in [-0.2, -0.15) is 0 Å². The van der Waals surface area contributed by atoms with E-state index in [0.717, 1.165) is 5.69 Å². The summed E-state index contributed by atoms with van der Waals surface area (Å²) in [5, 5.41) is 14.3. The van der Waals surface area contributed by atoms with E-state index >= 15 is 0 Å². The van der Waals surface area contributed by atoms with Crippen molar-refractivity contribution in [3.63, 3.8) is 0 Å². The van der Waals surface area contributed by atoms with Crippen LogP contribution < -0.4 is 5.32 Å². The largest absolute Gasteiger partial charge is 0.322 e. The summed E-state index contributed by atoms with van der Waals surface area (Å²) in [4.78, 5) is 29.9. The van der Waals surface area contributed by atoms with Gasteiger partial charge < -0.3 is 10.2 Å². The minimum Gasteiger partial charge on any atom is -0.320 e. The monoisotopic (exact) mass is 418 g/mol. The molecule has 0 saturated carbocycles. The number of para-hydroxylation sites is 1. The SMILES string of the molecule is CC(C)c1ccc(NC(=O)N(CCc2ccccn2)Cc2ccccc2[N+](=O)[O-])cc1. The van der Waals surface area contributed by atoms with Gasteiger partial charge in [0.25, 0.3) is 5.69 Å². The average molecular weight is 418 g/mol. The summed E-state index contributed by atoms with van der Waals surface area (Å²) in [6, 6.07) is 19.5. The molecule has 0 fully saturated rings. The maximum Gasteiger partial charge on any atom is 0.322 e. The Labute approximate surface area is 181 Å². The number of nitrogens with one attached hydrogen (secondary N) is 1. The first-order valence-corrected chi connectivity index (χ1v) is 10.2. The Morgan fingerprint density at radius 1 is 1.06 bits per heavy atom. The number of benzene rings is 2. The number of urea groups is 1. The van der Waals surface area contributed by atoms with Gasteiger partial charge in [0.1, 0.15) is 0 Å². The second-order valence-corrected chi connectivity index (χ2v) is 7.59. The zero-order valence-corrected chi connectivity index (χ0v) is 17.7. The summed E-state index contributed by atoms with van der Waals surface area (Å²) in [5.74, 6) is 0.401. The van der Waals surface area contributed by atoms with Crippen molar-refractivity contribution in [1.29, 1.82) is 0 Å². The number of hydrogen-bond acceptors (Lipinski definition) is 4. The van der Waals surface area contributed by atoms with Crippen LogP contribution >= 0.6 is 0 Å². The molecule has 7 nitrogen and oxygen atoms in total. The number of carbonyl (C=O) groups is 1. The average Bonchev–Trinajstić information content (AvgIpc) is 2.77. The first kappa shape index (κ1) is 22.0. The van der Waals surface area contributed by atoms with Crippen LogP contribution in [0.5, 0.6) is 0 Å². The van der Waals surface area contributed by atoms with Crippen LogP contribution in [0.3, 0.4) is 0 Å². The van der Waals surface area contributed by atoms with Crippen molar-refractivity contribution in [2.45, 2.75) is 32.7 Å². The third-order valence-corrected chi connectivity index (χ3v) is 5.03. The number of nitro benzene ring substituents is 1. The highest BCUT2D eigenvalue weighted by atomic mass is 16.6. The summed E-state index contributed by atoms with van der Waals surface area (Å²) in [5.41, 5.74) is 3.20. The minimum atomic E-state index is -0.422. The molecule has 0 bridgehead atoms. The Hall–Kier alpha value is -3.74. The van der Waals surface area contributed by atoms with Crippen LogP contribution in [0.2, 0.25) is 0 Å². The minimum absolute atomic E-state index is 0.000535. The maximum absolute atomic E-state index is 13.1. The number of hydrogen-bond donors (Lipinski definition) is 1. The summed E-state index contributed by atoms with van der Waals surface area (Å²) < 4.78 is 0. The Balaban J connectivity index is 1.78. The van der Waals surface area contributed by atoms with Gasteiger partial charge in [-0.1, -0.05) is 50.2 Å². The van der Waals surface area contributed by atoms with Crippen molar-refractivity contribution in [2.24, 2.45) is 0 Å². The lowest BCUT2D eigenvalue weighted by Crippen LogP contribution is -2.36. The van der Waals surface area contributed by atoms with E-state index in [1.807, 2.05) is 42.5 Å². The van der Waals surface area contributed by atoms with E-state index in [2.05, 4.69) is 24.1 Å². The molecular formula is C24H26N4O3. The molecule has 160 valence electrons. The fourth-order valence-electron chi connectivity index (χ4n) is 3.23. The quantitative estimate of drug-likeness (QED) is 0.392. The topological polar surface area (TPSA) is 88.4 Å². The Kier molecular flexibility index (Phi) is 7.32. The van der Waals surface area contributed by atoms with E-state index in [0.29, 0.717) is 30.1 Å². The first-order valence-electron chi connectivity index (χ1n) is 10.2. The predicted molar refractivity (Wildman–Crippen MR) is 121 cm³/mol. The second-order valence-electron chi connectivity index (χ2n) is 7.59. The van der Waals surface area contributed by atoms with E-state index in [-0.39, 0.29) is 18.3 Å². The van der Waals surface area contributed by atoms with Gasteiger partial charge in [0.2, 0.25) is 0 Å². The molecule has 1 aromatic heterocycles. The third-order valence-electron chi connectivity index (χ3n) is 5.03. The Morgan fingerprint density at radius 3 is 2.42 bits per heavy atom. The van der Waals surface area contributed by atoms with Gasteiger partial charge in [-0.15, -0.1) is 0 Å². The van der Waals surface area contributed by atoms with Crippen molar-refractivity contribution in [3.8, 4) is 0 Å². The van der Waals surface area contributed by atoms with Crippen LogP contribution in [0.1, 0.15) is 36.6 Å². The number of anilines is 1. The molecule has 0 spiro atoms.